The third-order valence-electron chi connectivity index (χ3n) is 8.96. The Labute approximate surface area is 395 Å². The molecule has 4 saturated heterocycles. The summed E-state index contributed by atoms with van der Waals surface area (Å²) in [5, 5.41) is 35.7. The minimum atomic E-state index is -1.05. The van der Waals surface area contributed by atoms with E-state index in [-0.39, 0.29) is 92.4 Å². The fourth-order valence-corrected chi connectivity index (χ4v) is 6.26. The first-order valence-electron chi connectivity index (χ1n) is 20.2. The van der Waals surface area contributed by atoms with Gasteiger partial charge in [-0.1, -0.05) is 36.4 Å². The first-order valence-corrected chi connectivity index (χ1v) is 20.1. The van der Waals surface area contributed by atoms with Gasteiger partial charge >= 0.3 is 35.8 Å². The zero-order valence-electron chi connectivity index (χ0n) is 36.9. The lowest BCUT2D eigenvalue weighted by atomic mass is 10.00. The highest BCUT2D eigenvalue weighted by molar-refractivity contribution is 7.45. The number of amides is 8. The molecular formula is C42H41N5O21S. The minimum Gasteiger partial charge on any atom is -0.481 e. The second kappa shape index (κ2) is 27.1. The van der Waals surface area contributed by atoms with Gasteiger partial charge in [-0.15, -0.1) is 28.0 Å². The quantitative estimate of drug-likeness (QED) is 0.0874. The van der Waals surface area contributed by atoms with E-state index in [0.29, 0.717) is 31.9 Å². The second-order valence-electron chi connectivity index (χ2n) is 14.3. The fraction of sp³-hybridized carbons (Fsp3) is 0.333. The Hall–Kier alpha value is -8.64. The molecule has 2 aromatic rings. The molecule has 0 unspecified atom stereocenters. The number of carbonyl (C=O) groups excluding carboxylic acids is 11. The van der Waals surface area contributed by atoms with Gasteiger partial charge in [-0.25, -0.2) is 19.2 Å². The summed E-state index contributed by atoms with van der Waals surface area (Å²) in [5.41, 5.74) is 1.81. The smallest absolute Gasteiger partial charge is 0.337 e. The number of carbonyl (C=O) groups is 14. The van der Waals surface area contributed by atoms with Crippen LogP contribution in [0.15, 0.2) is 36.4 Å². The molecule has 0 spiro atoms. The molecule has 4 heterocycles. The highest BCUT2D eigenvalue weighted by Crippen LogP contribution is 2.20. The molecule has 0 atom stereocenters. The highest BCUT2D eigenvalue weighted by Gasteiger charge is 2.35. The zero-order chi connectivity index (χ0) is 52.8. The van der Waals surface area contributed by atoms with E-state index in [2.05, 4.69) is 18.8 Å². The Kier molecular flexibility index (Phi) is 21.5. The molecule has 0 radical (unpaired) electrons. The van der Waals surface area contributed by atoms with Crippen LogP contribution in [0.3, 0.4) is 0 Å². The topological polar surface area (TPSA) is 384 Å². The summed E-state index contributed by atoms with van der Waals surface area (Å²) in [4.78, 5) is 174. The van der Waals surface area contributed by atoms with Gasteiger partial charge in [0.15, 0.2) is 0 Å². The summed E-state index contributed by atoms with van der Waals surface area (Å²) in [6, 6.07) is 8.54. The van der Waals surface area contributed by atoms with Crippen LogP contribution in [0.5, 0.6) is 0 Å². The lowest BCUT2D eigenvalue weighted by Gasteiger charge is -2.15. The Balaban J connectivity index is 0.000000444. The fourth-order valence-electron chi connectivity index (χ4n) is 6.26. The Morgan fingerprint density at radius 1 is 0.449 bits per heavy atom. The maximum absolute atomic E-state index is 12.4. The molecule has 5 N–H and O–H groups in total. The summed E-state index contributed by atoms with van der Waals surface area (Å²) in [5.74, 6) is -11.2. The lowest BCUT2D eigenvalue weighted by Crippen LogP contribution is -2.33. The standard InChI is InChI=1S/C24H21N3O12.C12H12O6.C4H5NO3.C2H2.HNS/c28-16-1-2-17(29)25(16)37-22(34)10-13-7-14(11-23(35)38-26-18(30)3-4-19(26)31)9-15(8-13)12-24(36)39-27-20(32)5-6-21(27)33;13-10(14)4-7-1-8(5-11(15)16)3-9(2-7)6-12(17)18;6-3-1-2-4(7)5(3)8;2*1-2/h7-9H,1-6,10-12H2;1-3H,4-6H2,(H,13,14)(H,15,16)(H,17,18);8H,1-2H2;1-2H;1H/i;;;1D;. The molecule has 4 fully saturated rings. The number of nitrogens with zero attached hydrogens (tertiary/aromatic N) is 4. The molecule has 4 aliphatic rings. The zero-order valence-corrected chi connectivity index (χ0v) is 36.7. The van der Waals surface area contributed by atoms with Gasteiger partial charge in [-0.2, -0.15) is 5.06 Å². The van der Waals surface area contributed by atoms with E-state index < -0.39 is 102 Å². The summed E-state index contributed by atoms with van der Waals surface area (Å²) in [6.45, 7) is 0. The molecular weight excluding hydrogens is 943 g/mol. The highest BCUT2D eigenvalue weighted by atomic mass is 32.1. The normalized spacial score (nSPS) is 15.0. The SMILES string of the molecule is N=S.O=C(Cc1cc(CC(=O)ON2C(=O)CCC2=O)cc(CC(=O)ON2C(=O)CCC2=O)c1)ON1C(=O)CCC1=O.O=C(O)Cc1cc(CC(=O)O)cc(CC(=O)O)c1.O=C1CCC(=O)N1O.[2H]C#C. The predicted molar refractivity (Wildman–Crippen MR) is 222 cm³/mol. The van der Waals surface area contributed by atoms with Crippen molar-refractivity contribution < 1.29 is 104 Å². The van der Waals surface area contributed by atoms with E-state index in [0.717, 1.165) is 0 Å². The van der Waals surface area contributed by atoms with E-state index >= 15 is 0 Å². The van der Waals surface area contributed by atoms with Gasteiger partial charge in [0, 0.05) is 63.8 Å². The van der Waals surface area contributed by atoms with Crippen LogP contribution in [0, 0.1) is 17.6 Å². The maximum Gasteiger partial charge on any atom is 0.337 e. The van der Waals surface area contributed by atoms with Crippen LogP contribution in [-0.4, -0.2) is 124 Å². The minimum absolute atomic E-state index is 0.0972. The van der Waals surface area contributed by atoms with Gasteiger partial charge in [-0.05, 0) is 33.4 Å². The first kappa shape index (κ1) is 54.7. The molecule has 27 heteroatoms. The number of nitrogens with one attached hydrogen (secondary N) is 1. The number of hydrogen-bond acceptors (Lipinski definition) is 20. The van der Waals surface area contributed by atoms with Crippen molar-refractivity contribution in [2.24, 2.45) is 0 Å². The Morgan fingerprint density at radius 2 is 0.623 bits per heavy atom. The van der Waals surface area contributed by atoms with E-state index in [1.807, 2.05) is 0 Å². The Bertz CT molecular complexity index is 2190. The van der Waals surface area contributed by atoms with Crippen LogP contribution in [0.2, 0.25) is 0 Å². The number of hydroxylamine groups is 8. The average Bonchev–Trinajstić information content (AvgIpc) is 3.97. The lowest BCUT2D eigenvalue weighted by molar-refractivity contribution is -0.197. The van der Waals surface area contributed by atoms with Gasteiger partial charge in [0.25, 0.3) is 47.3 Å². The summed E-state index contributed by atoms with van der Waals surface area (Å²) >= 11 is 3.33. The van der Waals surface area contributed by atoms with Gasteiger partial charge in [0.2, 0.25) is 0 Å². The van der Waals surface area contributed by atoms with Gasteiger partial charge in [0.1, 0.15) is 1.37 Å². The van der Waals surface area contributed by atoms with Gasteiger partial charge < -0.3 is 29.8 Å². The van der Waals surface area contributed by atoms with Gasteiger partial charge in [-0.3, -0.25) is 57.9 Å². The van der Waals surface area contributed by atoms with Crippen molar-refractivity contribution in [3.63, 3.8) is 0 Å². The van der Waals surface area contributed by atoms with E-state index in [1.165, 1.54) is 42.8 Å². The molecule has 2 aromatic carbocycles. The summed E-state index contributed by atoms with van der Waals surface area (Å²) < 4.78 is 11.1. The third kappa shape index (κ3) is 18.3. The van der Waals surface area contributed by atoms with E-state index in [1.54, 1.807) is 0 Å². The molecule has 0 bridgehead atoms. The van der Waals surface area contributed by atoms with Crippen LogP contribution >= 0.6 is 0 Å². The monoisotopic (exact) mass is 984 g/mol. The molecule has 26 nitrogen and oxygen atoms in total. The van der Waals surface area contributed by atoms with Crippen molar-refractivity contribution >= 4 is 95.5 Å². The number of rotatable bonds is 15. The third-order valence-corrected chi connectivity index (χ3v) is 8.96. The van der Waals surface area contributed by atoms with E-state index in [4.69, 9.17) is 41.2 Å². The molecule has 0 saturated carbocycles. The average molecular weight is 985 g/mol. The van der Waals surface area contributed by atoms with E-state index in [9.17, 15) is 67.1 Å². The van der Waals surface area contributed by atoms with Crippen molar-refractivity contribution in [2.75, 3.05) is 0 Å². The number of benzene rings is 2. The van der Waals surface area contributed by atoms with Crippen LogP contribution in [0.4, 0.5) is 0 Å². The maximum atomic E-state index is 12.4. The van der Waals surface area contributed by atoms with Crippen LogP contribution in [0.25, 0.3) is 0 Å². The first-order chi connectivity index (χ1) is 33.0. The van der Waals surface area contributed by atoms with Crippen LogP contribution < -0.4 is 0 Å². The predicted octanol–water partition coefficient (Wildman–Crippen LogP) is -0.227. The number of terminal acetylenes is 1. The molecule has 69 heavy (non-hydrogen) atoms. The number of hydrogen-bond donors (Lipinski definition) is 5. The molecule has 4 aliphatic heterocycles. The molecule has 366 valence electrons. The van der Waals surface area contributed by atoms with Crippen molar-refractivity contribution in [3.8, 4) is 12.8 Å². The largest absolute Gasteiger partial charge is 0.481 e. The number of imide groups is 4. The van der Waals surface area contributed by atoms with Crippen molar-refractivity contribution in [1.29, 1.82) is 4.78 Å². The molecule has 8 amide bonds. The number of carboxylic acid groups (broad SMARTS) is 3. The van der Waals surface area contributed by atoms with Crippen molar-refractivity contribution in [2.45, 2.75) is 89.9 Å². The van der Waals surface area contributed by atoms with Crippen LogP contribution in [0.1, 0.15) is 86.1 Å². The number of aliphatic carboxylic acids is 3. The van der Waals surface area contributed by atoms with Crippen molar-refractivity contribution in [3.05, 3.63) is 69.8 Å². The van der Waals surface area contributed by atoms with Crippen LogP contribution in [-0.2, 0) is 133 Å². The summed E-state index contributed by atoms with van der Waals surface area (Å²) in [6.07, 6.45) is 3.25. The second-order valence-corrected chi connectivity index (χ2v) is 14.3. The van der Waals surface area contributed by atoms with Crippen molar-refractivity contribution in [1.82, 2.24) is 20.3 Å². The summed E-state index contributed by atoms with van der Waals surface area (Å²) in [7, 11) is 0. The van der Waals surface area contributed by atoms with Gasteiger partial charge in [0.05, 0.1) is 38.5 Å². The molecule has 0 aromatic heterocycles. The Morgan fingerprint density at radius 3 is 0.783 bits per heavy atom. The molecule has 0 aliphatic carbocycles. The molecule has 6 rings (SSSR count). The number of carboxylic acids is 3.